The zero-order valence-electron chi connectivity index (χ0n) is 13.6. The van der Waals surface area contributed by atoms with E-state index in [1.807, 2.05) is 0 Å². The second-order valence-electron chi connectivity index (χ2n) is 7.91. The van der Waals surface area contributed by atoms with Gasteiger partial charge in [-0.1, -0.05) is 36.8 Å². The first-order valence-electron chi connectivity index (χ1n) is 8.82. The van der Waals surface area contributed by atoms with Crippen molar-refractivity contribution < 1.29 is 14.7 Å². The summed E-state index contributed by atoms with van der Waals surface area (Å²) in [6, 6.07) is 0. The second kappa shape index (κ2) is 5.19. The van der Waals surface area contributed by atoms with Crippen LogP contribution in [-0.2, 0) is 9.59 Å². The lowest BCUT2D eigenvalue weighted by molar-refractivity contribution is -0.136. The third-order valence-electron chi connectivity index (χ3n) is 6.89. The smallest absolute Gasteiger partial charge is 0.307 e. The number of hydrogen-bond acceptors (Lipinski definition) is 2. The van der Waals surface area contributed by atoms with Crippen molar-refractivity contribution in [3.05, 3.63) is 35.5 Å². The molecule has 0 unspecified atom stereocenters. The molecule has 23 heavy (non-hydrogen) atoms. The van der Waals surface area contributed by atoms with E-state index >= 15 is 0 Å². The molecule has 0 bridgehead atoms. The Kier molecular flexibility index (Phi) is 3.36. The highest BCUT2D eigenvalue weighted by Gasteiger charge is 2.54. The molecule has 0 aromatic carbocycles. The highest BCUT2D eigenvalue weighted by molar-refractivity contribution is 5.87. The van der Waals surface area contributed by atoms with Crippen LogP contribution in [0.15, 0.2) is 35.5 Å². The van der Waals surface area contributed by atoms with Gasteiger partial charge in [-0.3, -0.25) is 9.59 Å². The number of aliphatic carboxylic acids is 1. The van der Waals surface area contributed by atoms with Gasteiger partial charge in [-0.15, -0.1) is 0 Å². The van der Waals surface area contributed by atoms with Crippen LogP contribution in [0, 0.1) is 29.1 Å². The Morgan fingerprint density at radius 1 is 1.35 bits per heavy atom. The van der Waals surface area contributed by atoms with Gasteiger partial charge in [-0.25, -0.2) is 0 Å². The van der Waals surface area contributed by atoms with Crippen LogP contribution >= 0.6 is 0 Å². The summed E-state index contributed by atoms with van der Waals surface area (Å²) >= 11 is 0. The molecule has 4 rings (SSSR count). The lowest BCUT2D eigenvalue weighted by Gasteiger charge is -2.49. The fourth-order valence-corrected chi connectivity index (χ4v) is 5.68. The Bertz CT molecular complexity index is 654. The Balaban J connectivity index is 1.70. The summed E-state index contributed by atoms with van der Waals surface area (Å²) in [6.45, 7) is 2.18. The number of ketones is 1. The van der Waals surface area contributed by atoms with E-state index in [9.17, 15) is 9.59 Å². The molecular formula is C20H24O3. The maximum absolute atomic E-state index is 12.3. The van der Waals surface area contributed by atoms with Gasteiger partial charge in [0.15, 0.2) is 0 Å². The summed E-state index contributed by atoms with van der Waals surface area (Å²) in [5, 5.41) is 9.15. The lowest BCUT2D eigenvalue weighted by Crippen LogP contribution is -2.44. The number of carboxylic acid groups (broad SMARTS) is 1. The third-order valence-corrected chi connectivity index (χ3v) is 6.89. The number of carboxylic acids is 1. The van der Waals surface area contributed by atoms with Crippen molar-refractivity contribution in [3.8, 4) is 0 Å². The Morgan fingerprint density at radius 3 is 2.96 bits per heavy atom. The van der Waals surface area contributed by atoms with Gasteiger partial charge in [0.05, 0.1) is 6.42 Å². The highest BCUT2D eigenvalue weighted by atomic mass is 16.4. The molecule has 1 N–H and O–H groups in total. The van der Waals surface area contributed by atoms with Crippen LogP contribution in [0.4, 0.5) is 0 Å². The van der Waals surface area contributed by atoms with Crippen LogP contribution in [0.3, 0.4) is 0 Å². The fourth-order valence-electron chi connectivity index (χ4n) is 5.68. The quantitative estimate of drug-likeness (QED) is 0.786. The van der Waals surface area contributed by atoms with E-state index < -0.39 is 5.97 Å². The Hall–Kier alpha value is -1.64. The fraction of sp³-hybridized carbons (Fsp3) is 0.600. The number of carbonyl (C=O) groups excluding carboxylic acids is 1. The van der Waals surface area contributed by atoms with E-state index in [-0.39, 0.29) is 11.8 Å². The van der Waals surface area contributed by atoms with Crippen molar-refractivity contribution in [1.29, 1.82) is 0 Å². The number of allylic oxidation sites excluding steroid dienone is 5. The van der Waals surface area contributed by atoms with Gasteiger partial charge >= 0.3 is 5.97 Å². The van der Waals surface area contributed by atoms with E-state index in [1.165, 1.54) is 5.57 Å². The third kappa shape index (κ3) is 2.16. The minimum atomic E-state index is -0.741. The first-order chi connectivity index (χ1) is 11.0. The standard InChI is InChI=1S/C20H24O3/c1-20-10-9-15-14-4-2-3-12(11-19(22)23)13(14)5-6-16(15)17(20)7-8-18(20)21/h2,4-6,14-17H,3,7-11H2,1H3,(H,22,23)/t14-,15+,16+,17-,20-/m0/s1. The minimum Gasteiger partial charge on any atom is -0.481 e. The first-order valence-corrected chi connectivity index (χ1v) is 8.82. The predicted molar refractivity (Wildman–Crippen MR) is 87.7 cm³/mol. The van der Waals surface area contributed by atoms with E-state index in [1.54, 1.807) is 0 Å². The monoisotopic (exact) mass is 312 g/mol. The first kappa shape index (κ1) is 14.9. The molecule has 2 saturated carbocycles. The summed E-state index contributed by atoms with van der Waals surface area (Å²) in [5.74, 6) is 1.57. The van der Waals surface area contributed by atoms with Crippen molar-refractivity contribution >= 4 is 11.8 Å². The van der Waals surface area contributed by atoms with Crippen molar-refractivity contribution in [2.45, 2.75) is 45.4 Å². The van der Waals surface area contributed by atoms with Crippen molar-refractivity contribution in [3.63, 3.8) is 0 Å². The van der Waals surface area contributed by atoms with E-state index in [4.69, 9.17) is 5.11 Å². The summed E-state index contributed by atoms with van der Waals surface area (Å²) in [6.07, 6.45) is 13.7. The summed E-state index contributed by atoms with van der Waals surface area (Å²) in [7, 11) is 0. The van der Waals surface area contributed by atoms with Crippen LogP contribution in [0.1, 0.15) is 45.4 Å². The van der Waals surface area contributed by atoms with Gasteiger partial charge < -0.3 is 5.11 Å². The molecule has 122 valence electrons. The molecule has 0 aromatic rings. The van der Waals surface area contributed by atoms with Gasteiger partial charge in [0.1, 0.15) is 5.78 Å². The molecule has 5 atom stereocenters. The molecule has 2 fully saturated rings. The number of Topliss-reactive ketones (excluding diaryl/α,β-unsaturated/α-hetero) is 1. The van der Waals surface area contributed by atoms with Crippen LogP contribution in [-0.4, -0.2) is 16.9 Å². The predicted octanol–water partition coefficient (Wildman–Crippen LogP) is 3.92. The van der Waals surface area contributed by atoms with Crippen LogP contribution in [0.5, 0.6) is 0 Å². The average molecular weight is 312 g/mol. The number of fused-ring (bicyclic) bond motifs is 5. The SMILES string of the molecule is C[C@]12CC[C@H]3[C@@H](C=CC4=C(CC(=O)O)CC=C[C@@H]43)[C@@H]1CCC2=O. The molecule has 0 radical (unpaired) electrons. The topological polar surface area (TPSA) is 54.4 Å². The molecule has 4 aliphatic rings. The molecule has 0 heterocycles. The molecule has 0 aromatic heterocycles. The molecule has 4 aliphatic carbocycles. The number of carbonyl (C=O) groups is 2. The van der Waals surface area contributed by atoms with Gasteiger partial charge in [0, 0.05) is 17.8 Å². The van der Waals surface area contributed by atoms with Crippen LogP contribution in [0.2, 0.25) is 0 Å². The van der Waals surface area contributed by atoms with E-state index in [2.05, 4.69) is 31.2 Å². The van der Waals surface area contributed by atoms with Crippen molar-refractivity contribution in [2.24, 2.45) is 29.1 Å². The molecular weight excluding hydrogens is 288 g/mol. The van der Waals surface area contributed by atoms with Gasteiger partial charge in [-0.2, -0.15) is 0 Å². The molecule has 0 amide bonds. The molecule has 3 heteroatoms. The molecule has 0 spiro atoms. The number of hydrogen-bond donors (Lipinski definition) is 1. The number of rotatable bonds is 2. The van der Waals surface area contributed by atoms with Crippen LogP contribution in [0.25, 0.3) is 0 Å². The maximum Gasteiger partial charge on any atom is 0.307 e. The summed E-state index contributed by atoms with van der Waals surface area (Å²) in [4.78, 5) is 23.5. The highest BCUT2D eigenvalue weighted by Crippen LogP contribution is 2.58. The average Bonchev–Trinajstić information content (AvgIpc) is 2.82. The summed E-state index contributed by atoms with van der Waals surface area (Å²) in [5.41, 5.74) is 2.19. The normalized spacial score (nSPS) is 41.5. The Labute approximate surface area is 137 Å². The lowest BCUT2D eigenvalue weighted by atomic mass is 9.54. The minimum absolute atomic E-state index is 0.116. The second-order valence-corrected chi connectivity index (χ2v) is 7.91. The van der Waals surface area contributed by atoms with Crippen LogP contribution < -0.4 is 0 Å². The molecule has 0 saturated heterocycles. The van der Waals surface area contributed by atoms with Crippen molar-refractivity contribution in [2.75, 3.05) is 0 Å². The summed E-state index contributed by atoms with van der Waals surface area (Å²) < 4.78 is 0. The van der Waals surface area contributed by atoms with Gasteiger partial charge in [0.2, 0.25) is 0 Å². The molecule has 0 aliphatic heterocycles. The van der Waals surface area contributed by atoms with E-state index in [0.29, 0.717) is 29.5 Å². The maximum atomic E-state index is 12.3. The Morgan fingerprint density at radius 2 is 2.17 bits per heavy atom. The zero-order chi connectivity index (χ0) is 16.2. The van der Waals surface area contributed by atoms with Gasteiger partial charge in [0.25, 0.3) is 0 Å². The van der Waals surface area contributed by atoms with Crippen molar-refractivity contribution in [1.82, 2.24) is 0 Å². The molecule has 3 nitrogen and oxygen atoms in total. The zero-order valence-corrected chi connectivity index (χ0v) is 13.6. The van der Waals surface area contributed by atoms with E-state index in [0.717, 1.165) is 37.7 Å². The largest absolute Gasteiger partial charge is 0.481 e. The van der Waals surface area contributed by atoms with Gasteiger partial charge in [-0.05, 0) is 49.0 Å².